The van der Waals surface area contributed by atoms with Crippen LogP contribution in [0.4, 0.5) is 17.3 Å². The number of anilines is 3. The summed E-state index contributed by atoms with van der Waals surface area (Å²) in [7, 11) is 3.82. The molecule has 0 amide bonds. The number of methoxy groups -OCH3 is 1. The molecule has 8 heteroatoms. The summed E-state index contributed by atoms with van der Waals surface area (Å²) >= 11 is 0. The predicted molar refractivity (Wildman–Crippen MR) is 123 cm³/mol. The summed E-state index contributed by atoms with van der Waals surface area (Å²) in [4.78, 5) is 14.0. The Hall–Kier alpha value is -3.65. The molecule has 0 spiro atoms. The number of nitrogens with zero attached hydrogens (tertiary/aromatic N) is 6. The fourth-order valence-electron chi connectivity index (χ4n) is 3.76. The zero-order valence-corrected chi connectivity index (χ0v) is 17.7. The standard InChI is InChI=1S/C23H25N7O/c1-28-10-12-29(13-11-28)20-5-3-4-18(14-20)26-23-24-15-17-16-25-30(22(17)27-23)19-6-8-21(31-2)9-7-19/h3-9,14-16H,10-13H2,1-2H3,(H,24,26,27). The lowest BCUT2D eigenvalue weighted by atomic mass is 10.2. The van der Waals surface area contributed by atoms with Crippen LogP contribution in [0, 0.1) is 0 Å². The first-order chi connectivity index (χ1) is 15.2. The maximum Gasteiger partial charge on any atom is 0.229 e. The third-order valence-electron chi connectivity index (χ3n) is 5.60. The van der Waals surface area contributed by atoms with Gasteiger partial charge in [0, 0.05) is 43.8 Å². The molecule has 1 aliphatic rings. The average molecular weight is 416 g/mol. The fraction of sp³-hybridized carbons (Fsp3) is 0.261. The number of piperazine rings is 1. The molecule has 0 radical (unpaired) electrons. The number of rotatable bonds is 5. The van der Waals surface area contributed by atoms with E-state index in [0.717, 1.165) is 54.3 Å². The Morgan fingerprint density at radius 2 is 1.74 bits per heavy atom. The molecule has 3 heterocycles. The number of nitrogens with one attached hydrogen (secondary N) is 1. The first kappa shape index (κ1) is 19.3. The second-order valence-electron chi connectivity index (χ2n) is 7.69. The normalized spacial score (nSPS) is 14.7. The van der Waals surface area contributed by atoms with E-state index in [-0.39, 0.29) is 0 Å². The van der Waals surface area contributed by atoms with Gasteiger partial charge in [0.15, 0.2) is 5.65 Å². The summed E-state index contributed by atoms with van der Waals surface area (Å²) in [6.45, 7) is 4.21. The van der Waals surface area contributed by atoms with Gasteiger partial charge in [-0.1, -0.05) is 6.07 Å². The van der Waals surface area contributed by atoms with Crippen molar-refractivity contribution >= 4 is 28.4 Å². The third-order valence-corrected chi connectivity index (χ3v) is 5.60. The molecule has 31 heavy (non-hydrogen) atoms. The van der Waals surface area contributed by atoms with Crippen molar-refractivity contribution in [2.75, 3.05) is 50.6 Å². The highest BCUT2D eigenvalue weighted by Gasteiger charge is 2.15. The Morgan fingerprint density at radius 3 is 2.52 bits per heavy atom. The lowest BCUT2D eigenvalue weighted by molar-refractivity contribution is 0.313. The molecule has 0 saturated carbocycles. The van der Waals surface area contributed by atoms with Gasteiger partial charge in [0.05, 0.1) is 24.4 Å². The molecule has 0 bridgehead atoms. The third kappa shape index (κ3) is 4.02. The van der Waals surface area contributed by atoms with Crippen LogP contribution in [0.3, 0.4) is 0 Å². The number of ether oxygens (including phenoxy) is 1. The fourth-order valence-corrected chi connectivity index (χ4v) is 3.76. The van der Waals surface area contributed by atoms with Crippen LogP contribution in [-0.2, 0) is 0 Å². The van der Waals surface area contributed by atoms with Crippen molar-refractivity contribution in [3.8, 4) is 11.4 Å². The number of benzene rings is 2. The van der Waals surface area contributed by atoms with Crippen LogP contribution in [0.15, 0.2) is 60.9 Å². The van der Waals surface area contributed by atoms with Gasteiger partial charge in [0.1, 0.15) is 5.75 Å². The van der Waals surface area contributed by atoms with E-state index in [4.69, 9.17) is 9.72 Å². The second kappa shape index (κ2) is 8.23. The van der Waals surface area contributed by atoms with Crippen molar-refractivity contribution in [1.82, 2.24) is 24.6 Å². The van der Waals surface area contributed by atoms with Crippen molar-refractivity contribution in [2.24, 2.45) is 0 Å². The highest BCUT2D eigenvalue weighted by molar-refractivity contribution is 5.77. The topological polar surface area (TPSA) is 71.3 Å². The van der Waals surface area contributed by atoms with Crippen molar-refractivity contribution in [1.29, 1.82) is 0 Å². The molecule has 0 aliphatic carbocycles. The Morgan fingerprint density at radius 1 is 0.935 bits per heavy atom. The molecule has 1 aliphatic heterocycles. The number of likely N-dealkylation sites (N-methyl/N-ethyl adjacent to an activating group) is 1. The highest BCUT2D eigenvalue weighted by Crippen LogP contribution is 2.24. The molecule has 4 aromatic rings. The quantitative estimate of drug-likeness (QED) is 0.536. The van der Waals surface area contributed by atoms with Crippen LogP contribution in [0.5, 0.6) is 5.75 Å². The Bertz CT molecular complexity index is 1180. The van der Waals surface area contributed by atoms with Gasteiger partial charge >= 0.3 is 0 Å². The molecular formula is C23H25N7O. The smallest absolute Gasteiger partial charge is 0.229 e. The van der Waals surface area contributed by atoms with Gasteiger partial charge < -0.3 is 19.9 Å². The average Bonchev–Trinajstić information content (AvgIpc) is 3.23. The number of hydrogen-bond acceptors (Lipinski definition) is 7. The summed E-state index contributed by atoms with van der Waals surface area (Å²) in [5.41, 5.74) is 3.84. The van der Waals surface area contributed by atoms with Crippen LogP contribution in [0.1, 0.15) is 0 Å². The van der Waals surface area contributed by atoms with Crippen molar-refractivity contribution in [3.63, 3.8) is 0 Å². The molecular weight excluding hydrogens is 390 g/mol. The minimum Gasteiger partial charge on any atom is -0.497 e. The lowest BCUT2D eigenvalue weighted by Gasteiger charge is -2.34. The van der Waals surface area contributed by atoms with Gasteiger partial charge in [-0.15, -0.1) is 0 Å². The summed E-state index contributed by atoms with van der Waals surface area (Å²) < 4.78 is 7.05. The van der Waals surface area contributed by atoms with Gasteiger partial charge in [0.25, 0.3) is 0 Å². The van der Waals surface area contributed by atoms with E-state index in [1.165, 1.54) is 5.69 Å². The van der Waals surface area contributed by atoms with E-state index >= 15 is 0 Å². The zero-order valence-electron chi connectivity index (χ0n) is 17.7. The van der Waals surface area contributed by atoms with E-state index in [2.05, 4.69) is 50.4 Å². The SMILES string of the molecule is COc1ccc(-n2ncc3cnc(Nc4cccc(N5CCN(C)CC5)c4)nc32)cc1. The second-order valence-corrected chi connectivity index (χ2v) is 7.69. The van der Waals surface area contributed by atoms with E-state index in [9.17, 15) is 0 Å². The minimum atomic E-state index is 0.540. The van der Waals surface area contributed by atoms with Gasteiger partial charge in [0.2, 0.25) is 5.95 Å². The van der Waals surface area contributed by atoms with Crippen LogP contribution in [0.2, 0.25) is 0 Å². The van der Waals surface area contributed by atoms with E-state index in [1.807, 2.05) is 35.0 Å². The van der Waals surface area contributed by atoms with E-state index < -0.39 is 0 Å². The highest BCUT2D eigenvalue weighted by atomic mass is 16.5. The van der Waals surface area contributed by atoms with Gasteiger partial charge in [-0.05, 0) is 49.5 Å². The van der Waals surface area contributed by atoms with Gasteiger partial charge in [-0.3, -0.25) is 0 Å². The molecule has 158 valence electrons. The summed E-state index contributed by atoms with van der Waals surface area (Å²) in [5, 5.41) is 8.72. The monoisotopic (exact) mass is 415 g/mol. The predicted octanol–water partition coefficient (Wildman–Crippen LogP) is 3.32. The molecule has 2 aromatic carbocycles. The molecule has 8 nitrogen and oxygen atoms in total. The summed E-state index contributed by atoms with van der Waals surface area (Å²) in [6.07, 6.45) is 3.57. The first-order valence-corrected chi connectivity index (χ1v) is 10.4. The lowest BCUT2D eigenvalue weighted by Crippen LogP contribution is -2.44. The largest absolute Gasteiger partial charge is 0.497 e. The number of fused-ring (bicyclic) bond motifs is 1. The first-order valence-electron chi connectivity index (χ1n) is 10.4. The van der Waals surface area contributed by atoms with Crippen LogP contribution in [-0.4, -0.2) is 65.0 Å². The zero-order chi connectivity index (χ0) is 21.2. The molecule has 1 saturated heterocycles. The summed E-state index contributed by atoms with van der Waals surface area (Å²) in [5.74, 6) is 1.34. The maximum atomic E-state index is 5.25. The Labute approximate surface area is 181 Å². The molecule has 0 atom stereocenters. The van der Waals surface area contributed by atoms with E-state index in [1.54, 1.807) is 19.5 Å². The van der Waals surface area contributed by atoms with E-state index in [0.29, 0.717) is 5.95 Å². The molecule has 1 N–H and O–H groups in total. The summed E-state index contributed by atoms with van der Waals surface area (Å²) in [6, 6.07) is 16.1. The maximum absolute atomic E-state index is 5.25. The van der Waals surface area contributed by atoms with Crippen LogP contribution < -0.4 is 15.0 Å². The van der Waals surface area contributed by atoms with Gasteiger partial charge in [-0.2, -0.15) is 10.1 Å². The molecule has 0 unspecified atom stereocenters. The van der Waals surface area contributed by atoms with Crippen LogP contribution in [0.25, 0.3) is 16.7 Å². The van der Waals surface area contributed by atoms with Crippen molar-refractivity contribution < 1.29 is 4.74 Å². The molecule has 2 aromatic heterocycles. The number of hydrogen-bond donors (Lipinski definition) is 1. The van der Waals surface area contributed by atoms with Crippen molar-refractivity contribution in [2.45, 2.75) is 0 Å². The Balaban J connectivity index is 1.40. The van der Waals surface area contributed by atoms with Crippen molar-refractivity contribution in [3.05, 3.63) is 60.9 Å². The minimum absolute atomic E-state index is 0.540. The number of aromatic nitrogens is 4. The van der Waals surface area contributed by atoms with Crippen LogP contribution >= 0.6 is 0 Å². The Kier molecular flexibility index (Phi) is 5.13. The molecule has 5 rings (SSSR count). The van der Waals surface area contributed by atoms with Gasteiger partial charge in [-0.25, -0.2) is 9.67 Å². The molecule has 1 fully saturated rings.